The van der Waals surface area contributed by atoms with E-state index in [1.807, 2.05) is 45.4 Å². The first-order valence-corrected chi connectivity index (χ1v) is 9.12. The molecule has 150 valence electrons. The third-order valence-corrected chi connectivity index (χ3v) is 4.33. The van der Waals surface area contributed by atoms with E-state index >= 15 is 0 Å². The first-order valence-electron chi connectivity index (χ1n) is 8.75. The van der Waals surface area contributed by atoms with Crippen LogP contribution in [-0.4, -0.2) is 39.2 Å². The van der Waals surface area contributed by atoms with Crippen LogP contribution in [-0.2, 0) is 20.1 Å². The van der Waals surface area contributed by atoms with Crippen LogP contribution < -0.4 is 5.32 Å². The molecule has 0 spiro atoms. The molecule has 0 aliphatic rings. The Morgan fingerprint density at radius 1 is 1.29 bits per heavy atom. The highest BCUT2D eigenvalue weighted by atomic mass is 127. The predicted octanol–water partition coefficient (Wildman–Crippen LogP) is 3.94. The number of aromatic nitrogens is 3. The summed E-state index contributed by atoms with van der Waals surface area (Å²) >= 11 is 5.91. The fraction of sp³-hybridized carbons (Fsp3) is 0.316. The zero-order valence-electron chi connectivity index (χ0n) is 16.1. The molecule has 0 aliphatic heterocycles. The van der Waals surface area contributed by atoms with Crippen molar-refractivity contribution in [1.29, 1.82) is 0 Å². The van der Waals surface area contributed by atoms with Gasteiger partial charge < -0.3 is 19.3 Å². The summed E-state index contributed by atoms with van der Waals surface area (Å²) < 4.78 is 7.42. The van der Waals surface area contributed by atoms with Crippen LogP contribution in [0.3, 0.4) is 0 Å². The van der Waals surface area contributed by atoms with Crippen molar-refractivity contribution in [2.75, 3.05) is 13.6 Å². The van der Waals surface area contributed by atoms with Gasteiger partial charge in [0.15, 0.2) is 5.96 Å². The van der Waals surface area contributed by atoms with Gasteiger partial charge in [-0.05, 0) is 43.3 Å². The van der Waals surface area contributed by atoms with Crippen LogP contribution in [0.1, 0.15) is 18.5 Å². The fourth-order valence-electron chi connectivity index (χ4n) is 2.63. The number of nitrogens with zero attached hydrogens (tertiary/aromatic N) is 5. The Kier molecular flexibility index (Phi) is 8.31. The van der Waals surface area contributed by atoms with Crippen molar-refractivity contribution in [3.8, 4) is 11.4 Å². The van der Waals surface area contributed by atoms with E-state index in [4.69, 9.17) is 16.1 Å². The lowest BCUT2D eigenvalue weighted by Gasteiger charge is -2.22. The van der Waals surface area contributed by atoms with Gasteiger partial charge in [-0.1, -0.05) is 16.8 Å². The van der Waals surface area contributed by atoms with Crippen LogP contribution in [0.2, 0.25) is 5.02 Å². The molecule has 28 heavy (non-hydrogen) atoms. The standard InChI is InChI=1S/C19H23ClN6O.HI/c1-4-21-19(26(3)13-16-6-5-11-25(16)2)22-12-17-23-18(24-27-17)14-7-9-15(20)10-8-14;/h5-11H,4,12-13H2,1-3H3,(H,21,22);1H. The van der Waals surface area contributed by atoms with E-state index in [1.54, 1.807) is 12.1 Å². The lowest BCUT2D eigenvalue weighted by molar-refractivity contribution is 0.379. The topological polar surface area (TPSA) is 71.5 Å². The van der Waals surface area contributed by atoms with E-state index in [0.29, 0.717) is 23.3 Å². The molecule has 0 saturated carbocycles. The smallest absolute Gasteiger partial charge is 0.248 e. The highest BCUT2D eigenvalue weighted by molar-refractivity contribution is 14.0. The summed E-state index contributed by atoms with van der Waals surface area (Å²) in [4.78, 5) is 11.1. The van der Waals surface area contributed by atoms with Crippen LogP contribution in [0.4, 0.5) is 0 Å². The number of guanidine groups is 1. The molecule has 0 atom stereocenters. The molecule has 0 unspecified atom stereocenters. The van der Waals surface area contributed by atoms with Crippen molar-refractivity contribution < 1.29 is 4.52 Å². The number of hydrogen-bond acceptors (Lipinski definition) is 4. The van der Waals surface area contributed by atoms with Crippen LogP contribution in [0, 0.1) is 0 Å². The molecule has 0 saturated heterocycles. The summed E-state index contributed by atoms with van der Waals surface area (Å²) in [7, 11) is 4.03. The minimum absolute atomic E-state index is 0. The Morgan fingerprint density at radius 3 is 2.68 bits per heavy atom. The number of aryl methyl sites for hydroxylation is 1. The molecule has 0 aliphatic carbocycles. The SMILES string of the molecule is CCNC(=NCc1nc(-c2ccc(Cl)cc2)no1)N(C)Cc1cccn1C.I. The Bertz CT molecular complexity index is 905. The Hall–Kier alpha value is -2.07. The number of aliphatic imine (C=N–C) groups is 1. The van der Waals surface area contributed by atoms with E-state index in [9.17, 15) is 0 Å². The zero-order chi connectivity index (χ0) is 19.2. The van der Waals surface area contributed by atoms with Crippen molar-refractivity contribution in [1.82, 2.24) is 24.9 Å². The van der Waals surface area contributed by atoms with Crippen LogP contribution in [0.15, 0.2) is 52.1 Å². The molecule has 0 amide bonds. The molecule has 1 N–H and O–H groups in total. The second kappa shape index (κ2) is 10.5. The number of hydrogen-bond donors (Lipinski definition) is 1. The predicted molar refractivity (Wildman–Crippen MR) is 122 cm³/mol. The lowest BCUT2D eigenvalue weighted by atomic mass is 10.2. The maximum atomic E-state index is 5.91. The summed E-state index contributed by atoms with van der Waals surface area (Å²) in [6, 6.07) is 11.4. The first kappa shape index (κ1) is 22.2. The van der Waals surface area contributed by atoms with Gasteiger partial charge in [0.05, 0.1) is 6.54 Å². The van der Waals surface area contributed by atoms with Crippen molar-refractivity contribution in [2.24, 2.45) is 12.0 Å². The van der Waals surface area contributed by atoms with Gasteiger partial charge in [-0.25, -0.2) is 4.99 Å². The van der Waals surface area contributed by atoms with Crippen LogP contribution >= 0.6 is 35.6 Å². The minimum Gasteiger partial charge on any atom is -0.357 e. The second-order valence-corrected chi connectivity index (χ2v) is 6.59. The molecule has 2 heterocycles. The number of nitrogens with one attached hydrogen (secondary N) is 1. The summed E-state index contributed by atoms with van der Waals surface area (Å²) in [5, 5.41) is 7.98. The first-order chi connectivity index (χ1) is 13.1. The third kappa shape index (κ3) is 5.71. The highest BCUT2D eigenvalue weighted by Crippen LogP contribution is 2.18. The summed E-state index contributed by atoms with van der Waals surface area (Å²) in [6.45, 7) is 3.86. The largest absolute Gasteiger partial charge is 0.357 e. The van der Waals surface area contributed by atoms with E-state index in [0.717, 1.165) is 24.6 Å². The second-order valence-electron chi connectivity index (χ2n) is 6.16. The maximum Gasteiger partial charge on any atom is 0.248 e. The summed E-state index contributed by atoms with van der Waals surface area (Å²) in [5.74, 6) is 1.77. The van der Waals surface area contributed by atoms with Gasteiger partial charge in [-0.2, -0.15) is 4.98 Å². The van der Waals surface area contributed by atoms with E-state index < -0.39 is 0 Å². The molecule has 1 aromatic carbocycles. The zero-order valence-corrected chi connectivity index (χ0v) is 19.2. The van der Waals surface area contributed by atoms with Gasteiger partial charge in [0, 0.05) is 43.1 Å². The van der Waals surface area contributed by atoms with E-state index in [1.165, 1.54) is 5.69 Å². The van der Waals surface area contributed by atoms with Gasteiger partial charge in [0.25, 0.3) is 0 Å². The van der Waals surface area contributed by atoms with Gasteiger partial charge in [0.1, 0.15) is 6.54 Å². The normalized spacial score (nSPS) is 11.2. The Balaban J connectivity index is 0.00000280. The molecular formula is C19H24ClIN6O. The Labute approximate surface area is 186 Å². The monoisotopic (exact) mass is 514 g/mol. The summed E-state index contributed by atoms with van der Waals surface area (Å²) in [6.07, 6.45) is 2.03. The van der Waals surface area contributed by atoms with Crippen LogP contribution in [0.5, 0.6) is 0 Å². The number of rotatable bonds is 6. The van der Waals surface area contributed by atoms with Crippen molar-refractivity contribution >= 4 is 41.5 Å². The third-order valence-electron chi connectivity index (χ3n) is 4.08. The van der Waals surface area contributed by atoms with Crippen LogP contribution in [0.25, 0.3) is 11.4 Å². The highest BCUT2D eigenvalue weighted by Gasteiger charge is 2.11. The van der Waals surface area contributed by atoms with Gasteiger partial charge in [-0.3, -0.25) is 0 Å². The molecule has 0 fully saturated rings. The lowest BCUT2D eigenvalue weighted by Crippen LogP contribution is -2.38. The molecular weight excluding hydrogens is 491 g/mol. The molecule has 3 rings (SSSR count). The fourth-order valence-corrected chi connectivity index (χ4v) is 2.75. The molecule has 9 heteroatoms. The van der Waals surface area contributed by atoms with Crippen molar-refractivity contribution in [3.05, 3.63) is 59.2 Å². The average Bonchev–Trinajstić information content (AvgIpc) is 3.29. The molecule has 7 nitrogen and oxygen atoms in total. The summed E-state index contributed by atoms with van der Waals surface area (Å²) in [5.41, 5.74) is 2.05. The molecule has 2 aromatic heterocycles. The van der Waals surface area contributed by atoms with Crippen molar-refractivity contribution in [2.45, 2.75) is 20.0 Å². The van der Waals surface area contributed by atoms with E-state index in [2.05, 4.69) is 36.0 Å². The number of benzene rings is 1. The van der Waals surface area contributed by atoms with Crippen molar-refractivity contribution in [3.63, 3.8) is 0 Å². The minimum atomic E-state index is 0. The quantitative estimate of drug-likeness (QED) is 0.306. The average molecular weight is 515 g/mol. The molecule has 0 radical (unpaired) electrons. The molecule has 0 bridgehead atoms. The van der Waals surface area contributed by atoms with Gasteiger partial charge in [-0.15, -0.1) is 24.0 Å². The maximum absolute atomic E-state index is 5.91. The van der Waals surface area contributed by atoms with E-state index in [-0.39, 0.29) is 24.0 Å². The molecule has 3 aromatic rings. The van der Waals surface area contributed by atoms with Gasteiger partial charge >= 0.3 is 0 Å². The Morgan fingerprint density at radius 2 is 2.04 bits per heavy atom. The van der Waals surface area contributed by atoms with Gasteiger partial charge in [0.2, 0.25) is 11.7 Å². The number of halogens is 2.